The monoisotopic (exact) mass is 113 g/mol. The number of allylic oxidation sites excluding steroid dienone is 1. The van der Waals surface area contributed by atoms with E-state index in [0.717, 1.165) is 0 Å². The van der Waals surface area contributed by atoms with E-state index in [-0.39, 0.29) is 6.04 Å². The van der Waals surface area contributed by atoms with Gasteiger partial charge in [-0.25, -0.2) is 0 Å². The van der Waals surface area contributed by atoms with Crippen LogP contribution in [0.3, 0.4) is 0 Å². The molecule has 0 saturated carbocycles. The normalized spacial score (nSPS) is 15.6. The van der Waals surface area contributed by atoms with Crippen molar-refractivity contribution in [2.24, 2.45) is 11.7 Å². The molecule has 0 spiro atoms. The van der Waals surface area contributed by atoms with Gasteiger partial charge >= 0.3 is 0 Å². The molecule has 0 amide bonds. The lowest BCUT2D eigenvalue weighted by molar-refractivity contribution is 0.811. The van der Waals surface area contributed by atoms with Crippen LogP contribution >= 0.6 is 0 Å². The van der Waals surface area contributed by atoms with Crippen molar-refractivity contribution in [2.45, 2.75) is 26.8 Å². The van der Waals surface area contributed by atoms with E-state index < -0.39 is 0 Å². The number of rotatable bonds is 2. The first kappa shape index (κ1) is 7.70. The topological polar surface area (TPSA) is 26.0 Å². The maximum absolute atomic E-state index is 5.45. The van der Waals surface area contributed by atoms with Crippen molar-refractivity contribution < 1.29 is 0 Å². The Hall–Kier alpha value is -0.300. The Morgan fingerprint density at radius 1 is 1.12 bits per heavy atom. The first-order valence-electron chi connectivity index (χ1n) is 3.07. The molecule has 0 heterocycles. The third kappa shape index (κ3) is 5.70. The molecule has 0 aliphatic carbocycles. The summed E-state index contributed by atoms with van der Waals surface area (Å²) in [6, 6.07) is 0.206. The standard InChI is InChI=1S/C7H15N/c1-6(2)4-5-7(3)8/h4-7H,8H2,1-3H3/b5-4+/t7-/m0/s1. The molecule has 0 fully saturated rings. The molecule has 0 aliphatic heterocycles. The van der Waals surface area contributed by atoms with Gasteiger partial charge in [0.2, 0.25) is 0 Å². The lowest BCUT2D eigenvalue weighted by atomic mass is 10.2. The van der Waals surface area contributed by atoms with Crippen molar-refractivity contribution in [2.75, 3.05) is 0 Å². The van der Waals surface area contributed by atoms with Crippen LogP contribution in [0.1, 0.15) is 20.8 Å². The highest BCUT2D eigenvalue weighted by Gasteiger charge is 1.85. The fourth-order valence-electron chi connectivity index (χ4n) is 0.397. The van der Waals surface area contributed by atoms with E-state index in [1.807, 2.05) is 13.0 Å². The largest absolute Gasteiger partial charge is 0.325 e. The summed E-state index contributed by atoms with van der Waals surface area (Å²) in [6.45, 7) is 6.25. The van der Waals surface area contributed by atoms with E-state index in [9.17, 15) is 0 Å². The highest BCUT2D eigenvalue weighted by Crippen LogP contribution is 1.93. The molecule has 2 N–H and O–H groups in total. The predicted octanol–water partition coefficient (Wildman–Crippen LogP) is 1.55. The van der Waals surface area contributed by atoms with Crippen molar-refractivity contribution in [3.05, 3.63) is 12.2 Å². The van der Waals surface area contributed by atoms with E-state index in [0.29, 0.717) is 5.92 Å². The SMILES string of the molecule is CC(C)/C=C/[C@H](C)N. The Morgan fingerprint density at radius 2 is 1.62 bits per heavy atom. The average Bonchev–Trinajstić information content (AvgIpc) is 1.61. The zero-order chi connectivity index (χ0) is 6.57. The van der Waals surface area contributed by atoms with Gasteiger partial charge in [-0.15, -0.1) is 0 Å². The van der Waals surface area contributed by atoms with Gasteiger partial charge in [-0.05, 0) is 12.8 Å². The highest BCUT2D eigenvalue weighted by molar-refractivity contribution is 4.90. The molecule has 0 bridgehead atoms. The zero-order valence-electron chi connectivity index (χ0n) is 5.89. The van der Waals surface area contributed by atoms with E-state index >= 15 is 0 Å². The van der Waals surface area contributed by atoms with Crippen LogP contribution in [0, 0.1) is 5.92 Å². The van der Waals surface area contributed by atoms with Gasteiger partial charge in [-0.2, -0.15) is 0 Å². The molecule has 0 unspecified atom stereocenters. The molecule has 0 aliphatic rings. The fraction of sp³-hybridized carbons (Fsp3) is 0.714. The van der Waals surface area contributed by atoms with Crippen LogP contribution in [0.2, 0.25) is 0 Å². The Balaban J connectivity index is 3.34. The number of hydrogen-bond donors (Lipinski definition) is 1. The highest BCUT2D eigenvalue weighted by atomic mass is 14.6. The van der Waals surface area contributed by atoms with E-state index in [1.165, 1.54) is 0 Å². The minimum absolute atomic E-state index is 0.206. The summed E-state index contributed by atoms with van der Waals surface area (Å²) in [6.07, 6.45) is 4.13. The second kappa shape index (κ2) is 3.67. The van der Waals surface area contributed by atoms with Gasteiger partial charge in [-0.3, -0.25) is 0 Å². The Bertz CT molecular complexity index is 62.5. The second-order valence-electron chi connectivity index (χ2n) is 2.49. The summed E-state index contributed by atoms with van der Waals surface area (Å²) in [4.78, 5) is 0. The van der Waals surface area contributed by atoms with E-state index in [4.69, 9.17) is 5.73 Å². The summed E-state index contributed by atoms with van der Waals surface area (Å²) in [5, 5.41) is 0. The van der Waals surface area contributed by atoms with Crippen LogP contribution in [0.4, 0.5) is 0 Å². The van der Waals surface area contributed by atoms with Gasteiger partial charge < -0.3 is 5.73 Å². The van der Waals surface area contributed by atoms with E-state index in [2.05, 4.69) is 19.9 Å². The summed E-state index contributed by atoms with van der Waals surface area (Å²) in [5.74, 6) is 0.626. The molecule has 0 aromatic rings. The van der Waals surface area contributed by atoms with Crippen LogP contribution in [0.25, 0.3) is 0 Å². The van der Waals surface area contributed by atoms with Gasteiger partial charge in [0.15, 0.2) is 0 Å². The molecule has 0 saturated heterocycles. The molecule has 1 atom stereocenters. The zero-order valence-corrected chi connectivity index (χ0v) is 5.89. The lowest BCUT2D eigenvalue weighted by Gasteiger charge is -1.95. The maximum atomic E-state index is 5.45. The van der Waals surface area contributed by atoms with Gasteiger partial charge in [0.1, 0.15) is 0 Å². The van der Waals surface area contributed by atoms with Crippen molar-refractivity contribution in [3.8, 4) is 0 Å². The van der Waals surface area contributed by atoms with Gasteiger partial charge in [-0.1, -0.05) is 26.0 Å². The van der Waals surface area contributed by atoms with Crippen LogP contribution in [-0.4, -0.2) is 6.04 Å². The van der Waals surface area contributed by atoms with Crippen molar-refractivity contribution in [1.82, 2.24) is 0 Å². The molecule has 1 heteroatoms. The second-order valence-corrected chi connectivity index (χ2v) is 2.49. The molecule has 0 aromatic carbocycles. The summed E-state index contributed by atoms with van der Waals surface area (Å²) in [5.41, 5.74) is 5.45. The van der Waals surface area contributed by atoms with E-state index in [1.54, 1.807) is 0 Å². The summed E-state index contributed by atoms with van der Waals surface area (Å²) >= 11 is 0. The average molecular weight is 113 g/mol. The number of hydrogen-bond acceptors (Lipinski definition) is 1. The van der Waals surface area contributed by atoms with Crippen LogP contribution in [0.15, 0.2) is 12.2 Å². The molecule has 0 rings (SSSR count). The molecular weight excluding hydrogens is 98.1 g/mol. The smallest absolute Gasteiger partial charge is 0.0194 e. The minimum Gasteiger partial charge on any atom is -0.325 e. The summed E-state index contributed by atoms with van der Waals surface area (Å²) in [7, 11) is 0. The third-order valence-corrected chi connectivity index (χ3v) is 0.800. The van der Waals surface area contributed by atoms with Gasteiger partial charge in [0.25, 0.3) is 0 Å². The first-order valence-corrected chi connectivity index (χ1v) is 3.07. The fourth-order valence-corrected chi connectivity index (χ4v) is 0.397. The molecule has 1 nitrogen and oxygen atoms in total. The quantitative estimate of drug-likeness (QED) is 0.540. The Kier molecular flexibility index (Phi) is 3.53. The third-order valence-electron chi connectivity index (χ3n) is 0.800. The summed E-state index contributed by atoms with van der Waals surface area (Å²) < 4.78 is 0. The Morgan fingerprint density at radius 3 is 1.75 bits per heavy atom. The number of nitrogens with two attached hydrogens (primary N) is 1. The van der Waals surface area contributed by atoms with Crippen molar-refractivity contribution >= 4 is 0 Å². The van der Waals surface area contributed by atoms with Crippen molar-refractivity contribution in [1.29, 1.82) is 0 Å². The van der Waals surface area contributed by atoms with Crippen molar-refractivity contribution in [3.63, 3.8) is 0 Å². The molecular formula is C7H15N. The van der Waals surface area contributed by atoms with Crippen LogP contribution in [0.5, 0.6) is 0 Å². The lowest BCUT2D eigenvalue weighted by Crippen LogP contribution is -2.10. The molecule has 8 heavy (non-hydrogen) atoms. The molecule has 0 radical (unpaired) electrons. The maximum Gasteiger partial charge on any atom is 0.0194 e. The Labute approximate surface area is 51.6 Å². The predicted molar refractivity (Wildman–Crippen MR) is 37.6 cm³/mol. The van der Waals surface area contributed by atoms with Crippen LogP contribution < -0.4 is 5.73 Å². The first-order chi connectivity index (χ1) is 3.63. The molecule has 48 valence electrons. The minimum atomic E-state index is 0.206. The van der Waals surface area contributed by atoms with Gasteiger partial charge in [0.05, 0.1) is 0 Å². The molecule has 0 aromatic heterocycles. The van der Waals surface area contributed by atoms with Gasteiger partial charge in [0, 0.05) is 6.04 Å². The van der Waals surface area contributed by atoms with Crippen LogP contribution in [-0.2, 0) is 0 Å².